The summed E-state index contributed by atoms with van der Waals surface area (Å²) >= 11 is 0. The van der Waals surface area contributed by atoms with Crippen LogP contribution in [-0.2, 0) is 4.79 Å². The molecule has 2 atom stereocenters. The van der Waals surface area contributed by atoms with Crippen LogP contribution in [0.2, 0.25) is 0 Å². The van der Waals surface area contributed by atoms with E-state index in [0.29, 0.717) is 24.2 Å². The summed E-state index contributed by atoms with van der Waals surface area (Å²) in [5.41, 5.74) is -0.309. The van der Waals surface area contributed by atoms with E-state index in [1.54, 1.807) is 0 Å². The Hall–Kier alpha value is -1.56. The second-order valence-electron chi connectivity index (χ2n) is 5.97. The summed E-state index contributed by atoms with van der Waals surface area (Å²) in [6, 6.07) is 2.06. The fourth-order valence-electron chi connectivity index (χ4n) is 3.42. The van der Waals surface area contributed by atoms with Crippen molar-refractivity contribution in [1.29, 1.82) is 0 Å². The van der Waals surface area contributed by atoms with Crippen molar-refractivity contribution >= 4 is 11.6 Å². The molecule has 2 fully saturated rings. The van der Waals surface area contributed by atoms with E-state index in [4.69, 9.17) is 0 Å². The second-order valence-corrected chi connectivity index (χ2v) is 5.97. The third-order valence-electron chi connectivity index (χ3n) is 4.33. The van der Waals surface area contributed by atoms with Gasteiger partial charge < -0.3 is 10.6 Å². The number of hydrogen-bond donors (Lipinski definition) is 2. The zero-order valence-electron chi connectivity index (χ0n) is 11.5. The van der Waals surface area contributed by atoms with Gasteiger partial charge in [0.2, 0.25) is 5.91 Å². The van der Waals surface area contributed by atoms with Crippen LogP contribution in [0.5, 0.6) is 0 Å². The van der Waals surface area contributed by atoms with Crippen molar-refractivity contribution in [2.75, 3.05) is 5.32 Å². The normalized spacial score (nSPS) is 27.7. The molecule has 21 heavy (non-hydrogen) atoms. The molecule has 2 aliphatic rings. The maximum Gasteiger partial charge on any atom is 0.224 e. The first-order valence-corrected chi connectivity index (χ1v) is 7.21. The Bertz CT molecular complexity index is 552. The number of piperidine rings is 1. The van der Waals surface area contributed by atoms with Crippen LogP contribution in [0.25, 0.3) is 0 Å². The van der Waals surface area contributed by atoms with Gasteiger partial charge in [-0.1, -0.05) is 0 Å². The molecule has 2 saturated heterocycles. The molecule has 2 N–H and O–H groups in total. The fraction of sp³-hybridized carbons (Fsp3) is 0.533. The number of anilines is 1. The topological polar surface area (TPSA) is 41.1 Å². The lowest BCUT2D eigenvalue weighted by Gasteiger charge is -2.28. The van der Waals surface area contributed by atoms with Gasteiger partial charge in [0.15, 0.2) is 11.6 Å². The van der Waals surface area contributed by atoms with Crippen molar-refractivity contribution < 1.29 is 18.0 Å². The van der Waals surface area contributed by atoms with Gasteiger partial charge in [0.1, 0.15) is 5.82 Å². The van der Waals surface area contributed by atoms with E-state index < -0.39 is 17.5 Å². The minimum Gasteiger partial charge on any atom is -0.323 e. The summed E-state index contributed by atoms with van der Waals surface area (Å²) in [5, 5.41) is 5.82. The number of nitrogens with one attached hydrogen (secondary N) is 2. The first-order valence-electron chi connectivity index (χ1n) is 7.21. The number of fused-ring (bicyclic) bond motifs is 2. The lowest BCUT2D eigenvalue weighted by atomic mass is 9.89. The minimum absolute atomic E-state index is 0.261. The highest BCUT2D eigenvalue weighted by Crippen LogP contribution is 2.33. The molecule has 0 saturated carbocycles. The molecule has 3 rings (SSSR count). The molecular weight excluding hydrogens is 281 g/mol. The third kappa shape index (κ3) is 3.20. The van der Waals surface area contributed by atoms with Gasteiger partial charge in [-0.2, -0.15) is 0 Å². The summed E-state index contributed by atoms with van der Waals surface area (Å²) in [6.07, 6.45) is 4.43. The van der Waals surface area contributed by atoms with Crippen LogP contribution in [-0.4, -0.2) is 18.0 Å². The van der Waals surface area contributed by atoms with Gasteiger partial charge in [-0.3, -0.25) is 4.79 Å². The number of amides is 1. The maximum atomic E-state index is 13.5. The van der Waals surface area contributed by atoms with Gasteiger partial charge in [-0.25, -0.2) is 13.2 Å². The molecule has 2 bridgehead atoms. The fourth-order valence-corrected chi connectivity index (χ4v) is 3.42. The van der Waals surface area contributed by atoms with Crippen molar-refractivity contribution in [2.45, 2.75) is 44.2 Å². The van der Waals surface area contributed by atoms with Crippen LogP contribution in [0.1, 0.15) is 32.1 Å². The number of benzene rings is 1. The van der Waals surface area contributed by atoms with Crippen LogP contribution < -0.4 is 10.6 Å². The smallest absolute Gasteiger partial charge is 0.224 e. The van der Waals surface area contributed by atoms with Gasteiger partial charge in [0.05, 0.1) is 5.69 Å². The largest absolute Gasteiger partial charge is 0.323 e. The Kier molecular flexibility index (Phi) is 3.89. The number of hydrogen-bond acceptors (Lipinski definition) is 2. The molecular formula is C15H17F3N2O. The zero-order valence-corrected chi connectivity index (χ0v) is 11.5. The van der Waals surface area contributed by atoms with Crippen molar-refractivity contribution in [2.24, 2.45) is 5.92 Å². The van der Waals surface area contributed by atoms with Crippen LogP contribution in [0.4, 0.5) is 18.9 Å². The highest BCUT2D eigenvalue weighted by Gasteiger charge is 2.34. The molecule has 3 nitrogen and oxygen atoms in total. The number of halogens is 3. The number of carbonyl (C=O) groups is 1. The van der Waals surface area contributed by atoms with Crippen LogP contribution in [0.15, 0.2) is 12.1 Å². The highest BCUT2D eigenvalue weighted by molar-refractivity contribution is 5.91. The lowest BCUT2D eigenvalue weighted by molar-refractivity contribution is -0.117. The molecule has 114 valence electrons. The first kappa shape index (κ1) is 14.4. The third-order valence-corrected chi connectivity index (χ3v) is 4.33. The minimum atomic E-state index is -1.26. The quantitative estimate of drug-likeness (QED) is 0.842. The SMILES string of the molecule is O=C(CC1CC2CCC(C1)N2)Nc1cc(F)c(F)cc1F. The standard InChI is InChI=1S/C15H17F3N2O/c16-11-6-13(18)14(7-12(11)17)20-15(21)5-8-3-9-1-2-10(4-8)19-9/h6-10,19H,1-5H2,(H,20,21). The Morgan fingerprint density at radius 2 is 1.71 bits per heavy atom. The Morgan fingerprint density at radius 1 is 1.10 bits per heavy atom. The molecule has 6 heteroatoms. The predicted octanol–water partition coefficient (Wildman–Crippen LogP) is 2.96. The van der Waals surface area contributed by atoms with E-state index in [2.05, 4.69) is 10.6 Å². The van der Waals surface area contributed by atoms with E-state index in [-0.39, 0.29) is 23.9 Å². The monoisotopic (exact) mass is 298 g/mol. The maximum absolute atomic E-state index is 13.5. The molecule has 0 aromatic heterocycles. The molecule has 0 aliphatic carbocycles. The highest BCUT2D eigenvalue weighted by atomic mass is 19.2. The van der Waals surface area contributed by atoms with Gasteiger partial charge >= 0.3 is 0 Å². The van der Waals surface area contributed by atoms with Crippen molar-refractivity contribution in [1.82, 2.24) is 5.32 Å². The summed E-state index contributed by atoms with van der Waals surface area (Å²) in [5.74, 6) is -3.50. The molecule has 0 spiro atoms. The van der Waals surface area contributed by atoms with Gasteiger partial charge in [-0.05, 0) is 31.6 Å². The molecule has 2 aliphatic heterocycles. The van der Waals surface area contributed by atoms with Gasteiger partial charge in [0.25, 0.3) is 0 Å². The van der Waals surface area contributed by atoms with Crippen LogP contribution in [0, 0.1) is 23.4 Å². The molecule has 1 aromatic rings. The Morgan fingerprint density at radius 3 is 2.38 bits per heavy atom. The summed E-state index contributed by atoms with van der Waals surface area (Å²) in [6.45, 7) is 0. The second kappa shape index (κ2) is 5.67. The first-order chi connectivity index (χ1) is 10.0. The molecule has 2 unspecified atom stereocenters. The zero-order chi connectivity index (χ0) is 15.0. The predicted molar refractivity (Wildman–Crippen MR) is 72.2 cm³/mol. The molecule has 1 aromatic carbocycles. The van der Waals surface area contributed by atoms with E-state index >= 15 is 0 Å². The average molecular weight is 298 g/mol. The van der Waals surface area contributed by atoms with Crippen LogP contribution in [0.3, 0.4) is 0 Å². The number of rotatable bonds is 3. The van der Waals surface area contributed by atoms with Crippen molar-refractivity contribution in [3.63, 3.8) is 0 Å². The Labute approximate surface area is 120 Å². The molecule has 0 radical (unpaired) electrons. The van der Waals surface area contributed by atoms with Gasteiger partial charge in [-0.15, -0.1) is 0 Å². The van der Waals surface area contributed by atoms with E-state index in [1.165, 1.54) is 0 Å². The lowest BCUT2D eigenvalue weighted by Crippen LogP contribution is -2.39. The summed E-state index contributed by atoms with van der Waals surface area (Å²) in [7, 11) is 0. The van der Waals surface area contributed by atoms with Crippen molar-refractivity contribution in [3.05, 3.63) is 29.6 Å². The molecule has 2 heterocycles. The average Bonchev–Trinajstić information content (AvgIpc) is 2.75. The Balaban J connectivity index is 1.60. The van der Waals surface area contributed by atoms with E-state index in [1.807, 2.05) is 0 Å². The molecule has 1 amide bonds. The van der Waals surface area contributed by atoms with Crippen LogP contribution >= 0.6 is 0 Å². The number of carbonyl (C=O) groups excluding carboxylic acids is 1. The van der Waals surface area contributed by atoms with Crippen molar-refractivity contribution in [3.8, 4) is 0 Å². The summed E-state index contributed by atoms with van der Waals surface area (Å²) in [4.78, 5) is 11.9. The van der Waals surface area contributed by atoms with Gasteiger partial charge in [0, 0.05) is 30.6 Å². The summed E-state index contributed by atoms with van der Waals surface area (Å²) < 4.78 is 39.4. The van der Waals surface area contributed by atoms with E-state index in [9.17, 15) is 18.0 Å². The van der Waals surface area contributed by atoms with E-state index in [0.717, 1.165) is 25.7 Å².